The van der Waals surface area contributed by atoms with Gasteiger partial charge in [0.2, 0.25) is 15.9 Å². The Kier molecular flexibility index (Phi) is 4.80. The zero-order valence-corrected chi connectivity index (χ0v) is 17.3. The minimum absolute atomic E-state index is 0.0994. The van der Waals surface area contributed by atoms with E-state index in [1.165, 1.54) is 56.4 Å². The van der Waals surface area contributed by atoms with Gasteiger partial charge >= 0.3 is 0 Å². The quantitative estimate of drug-likeness (QED) is 0.781. The maximum atomic E-state index is 13.0. The van der Waals surface area contributed by atoms with E-state index in [0.717, 1.165) is 11.8 Å². The molecule has 5 nitrogen and oxygen atoms in total. The number of carbonyl (C=O) groups is 1. The highest BCUT2D eigenvalue weighted by molar-refractivity contribution is 7.89. The SMILES string of the molecule is CC(C)(NS(=O)(=O)c1ccc(Cl)cc1)C(=O)NC1C2CC3CC(C2)CC1C3. The van der Waals surface area contributed by atoms with Crippen LogP contribution in [0.4, 0.5) is 0 Å². The van der Waals surface area contributed by atoms with Gasteiger partial charge in [-0.1, -0.05) is 11.6 Å². The van der Waals surface area contributed by atoms with E-state index < -0.39 is 15.6 Å². The van der Waals surface area contributed by atoms with Gasteiger partial charge in [0.15, 0.2) is 0 Å². The second-order valence-electron chi connectivity index (χ2n) is 9.11. The normalized spacial score (nSPS) is 32.5. The largest absolute Gasteiger partial charge is 0.351 e. The third-order valence-electron chi connectivity index (χ3n) is 6.61. The van der Waals surface area contributed by atoms with Crippen LogP contribution in [0.5, 0.6) is 0 Å². The minimum Gasteiger partial charge on any atom is -0.351 e. The average molecular weight is 411 g/mol. The third-order valence-corrected chi connectivity index (χ3v) is 8.53. The van der Waals surface area contributed by atoms with Crippen molar-refractivity contribution in [3.63, 3.8) is 0 Å². The number of hydrogen-bond donors (Lipinski definition) is 2. The van der Waals surface area contributed by atoms with Gasteiger partial charge in [-0.05, 0) is 93.9 Å². The Hall–Kier alpha value is -1.11. The Morgan fingerprint density at radius 3 is 2.04 bits per heavy atom. The number of hydrogen-bond acceptors (Lipinski definition) is 3. The van der Waals surface area contributed by atoms with Gasteiger partial charge in [0.1, 0.15) is 5.54 Å². The number of halogens is 1. The second kappa shape index (κ2) is 6.75. The first kappa shape index (κ1) is 19.2. The fraction of sp³-hybridized carbons (Fsp3) is 0.650. The lowest BCUT2D eigenvalue weighted by molar-refractivity contribution is -0.129. The van der Waals surface area contributed by atoms with Crippen LogP contribution in [-0.2, 0) is 14.8 Å². The smallest absolute Gasteiger partial charge is 0.241 e. The van der Waals surface area contributed by atoms with Gasteiger partial charge < -0.3 is 5.32 Å². The van der Waals surface area contributed by atoms with Crippen molar-refractivity contribution >= 4 is 27.5 Å². The van der Waals surface area contributed by atoms with Gasteiger partial charge in [0.05, 0.1) is 4.90 Å². The molecule has 2 N–H and O–H groups in total. The highest BCUT2D eigenvalue weighted by Gasteiger charge is 2.49. The molecule has 4 aliphatic carbocycles. The van der Waals surface area contributed by atoms with Crippen LogP contribution < -0.4 is 10.0 Å². The van der Waals surface area contributed by atoms with Crippen molar-refractivity contribution in [1.82, 2.24) is 10.0 Å². The number of sulfonamides is 1. The predicted octanol–water partition coefficient (Wildman–Crippen LogP) is 3.34. The first-order chi connectivity index (χ1) is 12.6. The molecular formula is C20H27ClN2O3S. The number of amides is 1. The van der Waals surface area contributed by atoms with E-state index in [1.807, 2.05) is 0 Å². The maximum absolute atomic E-state index is 13.0. The van der Waals surface area contributed by atoms with Crippen molar-refractivity contribution in [3.05, 3.63) is 29.3 Å². The number of nitrogens with one attached hydrogen (secondary N) is 2. The summed E-state index contributed by atoms with van der Waals surface area (Å²) in [6.07, 6.45) is 6.17. The molecule has 1 aromatic carbocycles. The monoisotopic (exact) mass is 410 g/mol. The summed E-state index contributed by atoms with van der Waals surface area (Å²) >= 11 is 5.83. The summed E-state index contributed by atoms with van der Waals surface area (Å²) in [6.45, 7) is 3.23. The topological polar surface area (TPSA) is 75.3 Å². The summed E-state index contributed by atoms with van der Waals surface area (Å²) < 4.78 is 27.9. The highest BCUT2D eigenvalue weighted by atomic mass is 35.5. The van der Waals surface area contributed by atoms with E-state index in [4.69, 9.17) is 11.6 Å². The molecule has 7 heteroatoms. The molecule has 0 aromatic heterocycles. The zero-order chi connectivity index (χ0) is 19.4. The first-order valence-corrected chi connectivity index (χ1v) is 11.6. The van der Waals surface area contributed by atoms with Crippen LogP contribution in [0.1, 0.15) is 46.0 Å². The molecule has 0 saturated heterocycles. The minimum atomic E-state index is -3.81. The summed E-state index contributed by atoms with van der Waals surface area (Å²) in [5.74, 6) is 2.51. The predicted molar refractivity (Wildman–Crippen MR) is 105 cm³/mol. The van der Waals surface area contributed by atoms with Crippen molar-refractivity contribution < 1.29 is 13.2 Å². The second-order valence-corrected chi connectivity index (χ2v) is 11.2. The Morgan fingerprint density at radius 1 is 1.00 bits per heavy atom. The van der Waals surface area contributed by atoms with Crippen LogP contribution >= 0.6 is 11.6 Å². The van der Waals surface area contributed by atoms with Crippen molar-refractivity contribution in [3.8, 4) is 0 Å². The van der Waals surface area contributed by atoms with E-state index >= 15 is 0 Å². The van der Waals surface area contributed by atoms with Crippen LogP contribution in [0.2, 0.25) is 5.02 Å². The van der Waals surface area contributed by atoms with Crippen molar-refractivity contribution in [1.29, 1.82) is 0 Å². The molecule has 1 amide bonds. The molecule has 0 radical (unpaired) electrons. The highest BCUT2D eigenvalue weighted by Crippen LogP contribution is 2.53. The summed E-state index contributed by atoms with van der Waals surface area (Å²) in [7, 11) is -3.81. The Balaban J connectivity index is 1.45. The molecular weight excluding hydrogens is 384 g/mol. The van der Waals surface area contributed by atoms with Crippen LogP contribution in [0.3, 0.4) is 0 Å². The van der Waals surface area contributed by atoms with Gasteiger partial charge in [-0.2, -0.15) is 4.72 Å². The van der Waals surface area contributed by atoms with Crippen LogP contribution in [0, 0.1) is 23.7 Å². The molecule has 4 aliphatic rings. The molecule has 4 bridgehead atoms. The Labute approximate surface area is 166 Å². The molecule has 0 spiro atoms. The van der Waals surface area contributed by atoms with Crippen molar-refractivity contribution in [2.24, 2.45) is 23.7 Å². The Morgan fingerprint density at radius 2 is 1.52 bits per heavy atom. The lowest BCUT2D eigenvalue weighted by Gasteiger charge is -2.54. The maximum Gasteiger partial charge on any atom is 0.241 e. The van der Waals surface area contributed by atoms with E-state index in [2.05, 4.69) is 10.0 Å². The molecule has 0 heterocycles. The molecule has 148 valence electrons. The van der Waals surface area contributed by atoms with Crippen LogP contribution in [-0.4, -0.2) is 25.9 Å². The van der Waals surface area contributed by atoms with Gasteiger partial charge in [0.25, 0.3) is 0 Å². The fourth-order valence-electron chi connectivity index (χ4n) is 5.55. The molecule has 5 rings (SSSR count). The van der Waals surface area contributed by atoms with Gasteiger partial charge in [0, 0.05) is 11.1 Å². The summed E-state index contributed by atoms with van der Waals surface area (Å²) in [5, 5.41) is 3.66. The third kappa shape index (κ3) is 3.76. The molecule has 0 aliphatic heterocycles. The lowest BCUT2D eigenvalue weighted by atomic mass is 9.54. The van der Waals surface area contributed by atoms with Gasteiger partial charge in [-0.25, -0.2) is 8.42 Å². The van der Waals surface area contributed by atoms with E-state index in [1.54, 1.807) is 13.8 Å². The van der Waals surface area contributed by atoms with Crippen molar-refractivity contribution in [2.75, 3.05) is 0 Å². The summed E-state index contributed by atoms with van der Waals surface area (Å²) in [5.41, 5.74) is -1.23. The van der Waals surface area contributed by atoms with E-state index in [0.29, 0.717) is 16.9 Å². The molecule has 0 atom stereocenters. The molecule has 4 fully saturated rings. The van der Waals surface area contributed by atoms with Crippen LogP contribution in [0.25, 0.3) is 0 Å². The van der Waals surface area contributed by atoms with E-state index in [-0.39, 0.29) is 16.8 Å². The Bertz CT molecular complexity index is 807. The average Bonchev–Trinajstić information content (AvgIpc) is 2.56. The van der Waals surface area contributed by atoms with Crippen LogP contribution in [0.15, 0.2) is 29.2 Å². The van der Waals surface area contributed by atoms with Crippen molar-refractivity contribution in [2.45, 2.75) is 62.4 Å². The lowest BCUT2D eigenvalue weighted by Crippen LogP contribution is -2.62. The fourth-order valence-corrected chi connectivity index (χ4v) is 7.05. The number of carbonyl (C=O) groups excluding carboxylic acids is 1. The number of rotatable bonds is 5. The molecule has 4 saturated carbocycles. The molecule has 1 aromatic rings. The van der Waals surface area contributed by atoms with Gasteiger partial charge in [-0.15, -0.1) is 0 Å². The standard InChI is InChI=1S/C20H27ClN2O3S/c1-20(2,23-27(25,26)17-5-3-16(21)4-6-17)19(24)22-18-14-8-12-7-13(10-14)11-15(18)9-12/h3-6,12-15,18,23H,7-11H2,1-2H3,(H,22,24). The summed E-state index contributed by atoms with van der Waals surface area (Å²) in [4.78, 5) is 13.1. The number of benzene rings is 1. The first-order valence-electron chi connectivity index (χ1n) is 9.74. The van der Waals surface area contributed by atoms with Gasteiger partial charge in [-0.3, -0.25) is 4.79 Å². The zero-order valence-electron chi connectivity index (χ0n) is 15.7. The molecule has 27 heavy (non-hydrogen) atoms. The molecule has 0 unspecified atom stereocenters. The summed E-state index contributed by atoms with van der Waals surface area (Å²) in [6, 6.07) is 6.12. The van der Waals surface area contributed by atoms with E-state index in [9.17, 15) is 13.2 Å².